The molecule has 1 aliphatic rings. The molecule has 2 rings (SSSR count). The Morgan fingerprint density at radius 2 is 2.55 bits per heavy atom. The fraction of sp³-hybridized carbons (Fsp3) is 0.625. The van der Waals surface area contributed by atoms with Crippen LogP contribution in [0.3, 0.4) is 0 Å². The van der Waals surface area contributed by atoms with E-state index in [0.29, 0.717) is 0 Å². The SMILES string of the molecule is Cc1ncoc1CNC1CC1. The largest absolute Gasteiger partial charge is 0.447 e. The Kier molecular flexibility index (Phi) is 1.66. The number of nitrogens with zero attached hydrogens (tertiary/aromatic N) is 1. The van der Waals surface area contributed by atoms with Gasteiger partial charge in [0.1, 0.15) is 5.76 Å². The fourth-order valence-corrected chi connectivity index (χ4v) is 1.02. The average molecular weight is 152 g/mol. The van der Waals surface area contributed by atoms with Gasteiger partial charge in [0, 0.05) is 6.04 Å². The van der Waals surface area contributed by atoms with Crippen molar-refractivity contribution in [3.05, 3.63) is 17.8 Å². The Hall–Kier alpha value is -0.830. The zero-order valence-corrected chi connectivity index (χ0v) is 6.63. The van der Waals surface area contributed by atoms with Crippen molar-refractivity contribution in [2.24, 2.45) is 0 Å². The van der Waals surface area contributed by atoms with E-state index in [1.807, 2.05) is 6.92 Å². The van der Waals surface area contributed by atoms with Crippen molar-refractivity contribution in [2.75, 3.05) is 0 Å². The van der Waals surface area contributed by atoms with Crippen molar-refractivity contribution in [3.63, 3.8) is 0 Å². The number of aryl methyl sites for hydroxylation is 1. The molecule has 1 heterocycles. The number of hydrogen-bond donors (Lipinski definition) is 1. The van der Waals surface area contributed by atoms with E-state index in [0.717, 1.165) is 24.0 Å². The molecule has 1 fully saturated rings. The normalized spacial score (nSPS) is 17.2. The molecule has 11 heavy (non-hydrogen) atoms. The van der Waals surface area contributed by atoms with E-state index in [1.165, 1.54) is 19.2 Å². The van der Waals surface area contributed by atoms with E-state index in [9.17, 15) is 0 Å². The van der Waals surface area contributed by atoms with Gasteiger partial charge < -0.3 is 9.73 Å². The highest BCUT2D eigenvalue weighted by atomic mass is 16.3. The minimum atomic E-state index is 0.736. The number of nitrogens with one attached hydrogen (secondary N) is 1. The summed E-state index contributed by atoms with van der Waals surface area (Å²) in [5, 5.41) is 3.37. The number of hydrogen-bond acceptors (Lipinski definition) is 3. The van der Waals surface area contributed by atoms with Gasteiger partial charge in [-0.2, -0.15) is 0 Å². The summed E-state index contributed by atoms with van der Waals surface area (Å²) in [5.41, 5.74) is 0.998. The Bertz CT molecular complexity index is 240. The van der Waals surface area contributed by atoms with E-state index in [1.54, 1.807) is 0 Å². The van der Waals surface area contributed by atoms with Gasteiger partial charge in [-0.15, -0.1) is 0 Å². The zero-order valence-electron chi connectivity index (χ0n) is 6.63. The van der Waals surface area contributed by atoms with Gasteiger partial charge in [-0.25, -0.2) is 4.98 Å². The molecule has 0 spiro atoms. The highest BCUT2D eigenvalue weighted by molar-refractivity contribution is 5.04. The average Bonchev–Trinajstić information content (AvgIpc) is 2.73. The van der Waals surface area contributed by atoms with E-state index >= 15 is 0 Å². The first kappa shape index (κ1) is 6.85. The van der Waals surface area contributed by atoms with Crippen molar-refractivity contribution in [1.82, 2.24) is 10.3 Å². The van der Waals surface area contributed by atoms with Gasteiger partial charge in [0.15, 0.2) is 6.39 Å². The zero-order chi connectivity index (χ0) is 7.68. The summed E-state index contributed by atoms with van der Waals surface area (Å²) in [6.45, 7) is 2.80. The van der Waals surface area contributed by atoms with Crippen LogP contribution in [0, 0.1) is 6.92 Å². The predicted octanol–water partition coefficient (Wildman–Crippen LogP) is 1.24. The Morgan fingerprint density at radius 3 is 3.09 bits per heavy atom. The first-order valence-electron chi connectivity index (χ1n) is 3.98. The quantitative estimate of drug-likeness (QED) is 0.708. The molecular formula is C8H12N2O. The first-order valence-corrected chi connectivity index (χ1v) is 3.98. The second kappa shape index (κ2) is 2.66. The minimum Gasteiger partial charge on any atom is -0.447 e. The van der Waals surface area contributed by atoms with Crippen LogP contribution in [-0.4, -0.2) is 11.0 Å². The molecule has 1 aliphatic carbocycles. The lowest BCUT2D eigenvalue weighted by atomic mass is 10.3. The summed E-state index contributed by atoms with van der Waals surface area (Å²) in [6, 6.07) is 0.736. The summed E-state index contributed by atoms with van der Waals surface area (Å²) in [4.78, 5) is 4.01. The predicted molar refractivity (Wildman–Crippen MR) is 41.1 cm³/mol. The van der Waals surface area contributed by atoms with Crippen LogP contribution in [0.5, 0.6) is 0 Å². The summed E-state index contributed by atoms with van der Waals surface area (Å²) >= 11 is 0. The maximum Gasteiger partial charge on any atom is 0.181 e. The topological polar surface area (TPSA) is 38.1 Å². The molecule has 0 aromatic carbocycles. The number of oxazole rings is 1. The molecule has 0 bridgehead atoms. The molecule has 0 aliphatic heterocycles. The Morgan fingerprint density at radius 1 is 1.73 bits per heavy atom. The highest BCUT2D eigenvalue weighted by Gasteiger charge is 2.20. The summed E-state index contributed by atoms with van der Waals surface area (Å²) < 4.78 is 5.17. The van der Waals surface area contributed by atoms with Crippen LogP contribution in [0.15, 0.2) is 10.8 Å². The molecule has 1 N–H and O–H groups in total. The lowest BCUT2D eigenvalue weighted by Gasteiger charge is -1.97. The van der Waals surface area contributed by atoms with Crippen LogP contribution in [0.2, 0.25) is 0 Å². The van der Waals surface area contributed by atoms with Crippen LogP contribution in [0.4, 0.5) is 0 Å². The van der Waals surface area contributed by atoms with Crippen LogP contribution < -0.4 is 5.32 Å². The maximum atomic E-state index is 5.17. The van der Waals surface area contributed by atoms with Crippen LogP contribution >= 0.6 is 0 Å². The Balaban J connectivity index is 1.89. The minimum absolute atomic E-state index is 0.736. The van der Waals surface area contributed by atoms with Gasteiger partial charge in [0.05, 0.1) is 12.2 Å². The van der Waals surface area contributed by atoms with Crippen LogP contribution in [0.25, 0.3) is 0 Å². The molecule has 60 valence electrons. The molecule has 3 nitrogen and oxygen atoms in total. The van der Waals surface area contributed by atoms with Crippen LogP contribution in [-0.2, 0) is 6.54 Å². The summed E-state index contributed by atoms with van der Waals surface area (Å²) in [5.74, 6) is 0.969. The van der Waals surface area contributed by atoms with Gasteiger partial charge in [0.2, 0.25) is 0 Å². The highest BCUT2D eigenvalue weighted by Crippen LogP contribution is 2.19. The summed E-state index contributed by atoms with van der Waals surface area (Å²) in [7, 11) is 0. The van der Waals surface area contributed by atoms with Crippen molar-refractivity contribution in [1.29, 1.82) is 0 Å². The molecule has 0 saturated heterocycles. The second-order valence-corrected chi connectivity index (χ2v) is 3.02. The lowest BCUT2D eigenvalue weighted by Crippen LogP contribution is -2.15. The molecule has 1 aromatic rings. The third kappa shape index (κ3) is 1.60. The molecule has 3 heteroatoms. The van der Waals surface area contributed by atoms with E-state index in [4.69, 9.17) is 4.42 Å². The van der Waals surface area contributed by atoms with Gasteiger partial charge in [-0.1, -0.05) is 0 Å². The van der Waals surface area contributed by atoms with Gasteiger partial charge in [-0.3, -0.25) is 0 Å². The molecule has 1 aromatic heterocycles. The first-order chi connectivity index (χ1) is 5.36. The summed E-state index contributed by atoms with van der Waals surface area (Å²) in [6.07, 6.45) is 4.12. The third-order valence-corrected chi connectivity index (χ3v) is 1.97. The number of rotatable bonds is 3. The third-order valence-electron chi connectivity index (χ3n) is 1.97. The van der Waals surface area contributed by atoms with Gasteiger partial charge in [0.25, 0.3) is 0 Å². The molecule has 1 saturated carbocycles. The van der Waals surface area contributed by atoms with Gasteiger partial charge >= 0.3 is 0 Å². The smallest absolute Gasteiger partial charge is 0.181 e. The number of aromatic nitrogens is 1. The standard InChI is InChI=1S/C8H12N2O/c1-6-8(11-5-10-6)4-9-7-2-3-7/h5,7,9H,2-4H2,1H3. The maximum absolute atomic E-state index is 5.17. The van der Waals surface area contributed by atoms with Crippen molar-refractivity contribution < 1.29 is 4.42 Å². The lowest BCUT2D eigenvalue weighted by molar-refractivity contribution is 0.476. The Labute approximate surface area is 65.8 Å². The fourth-order valence-electron chi connectivity index (χ4n) is 1.02. The monoisotopic (exact) mass is 152 g/mol. The molecule has 0 radical (unpaired) electrons. The second-order valence-electron chi connectivity index (χ2n) is 3.02. The molecular weight excluding hydrogens is 140 g/mol. The van der Waals surface area contributed by atoms with Gasteiger partial charge in [-0.05, 0) is 19.8 Å². The van der Waals surface area contributed by atoms with E-state index in [-0.39, 0.29) is 0 Å². The molecule has 0 amide bonds. The molecule has 0 unspecified atom stereocenters. The van der Waals surface area contributed by atoms with Crippen molar-refractivity contribution in [2.45, 2.75) is 32.4 Å². The van der Waals surface area contributed by atoms with Crippen molar-refractivity contribution in [3.8, 4) is 0 Å². The van der Waals surface area contributed by atoms with E-state index < -0.39 is 0 Å². The van der Waals surface area contributed by atoms with Crippen LogP contribution in [0.1, 0.15) is 24.3 Å². The molecule has 0 atom stereocenters. The van der Waals surface area contributed by atoms with E-state index in [2.05, 4.69) is 10.3 Å². The van der Waals surface area contributed by atoms with Crippen molar-refractivity contribution >= 4 is 0 Å².